The normalized spacial score (nSPS) is 12.5. The summed E-state index contributed by atoms with van der Waals surface area (Å²) in [5, 5.41) is 3.23. The van der Waals surface area contributed by atoms with E-state index in [1.807, 2.05) is 46.0 Å². The minimum Gasteiger partial charge on any atom is -0.309 e. The molecule has 1 atom stereocenters. The van der Waals surface area contributed by atoms with Crippen molar-refractivity contribution >= 4 is 15.9 Å². The van der Waals surface area contributed by atoms with Crippen molar-refractivity contribution in [1.29, 1.82) is 0 Å². The molecule has 0 amide bonds. The first-order chi connectivity index (χ1) is 9.43. The van der Waals surface area contributed by atoms with Crippen molar-refractivity contribution in [1.82, 2.24) is 5.32 Å². The van der Waals surface area contributed by atoms with Crippen LogP contribution in [-0.4, -0.2) is 7.05 Å². The zero-order valence-corrected chi connectivity index (χ0v) is 13.8. The second-order valence-electron chi connectivity index (χ2n) is 5.21. The van der Waals surface area contributed by atoms with Gasteiger partial charge in [-0.05, 0) is 62.2 Å². The number of halogens is 2. The fourth-order valence-electron chi connectivity index (χ4n) is 2.62. The summed E-state index contributed by atoms with van der Waals surface area (Å²) < 4.78 is 15.4. The average Bonchev–Trinajstić information content (AvgIpc) is 2.37. The Morgan fingerprint density at radius 1 is 1.05 bits per heavy atom. The topological polar surface area (TPSA) is 12.0 Å². The summed E-state index contributed by atoms with van der Waals surface area (Å²) in [5.74, 6) is -0.151. The summed E-state index contributed by atoms with van der Waals surface area (Å²) in [7, 11) is 1.86. The zero-order valence-electron chi connectivity index (χ0n) is 12.2. The highest BCUT2D eigenvalue weighted by Crippen LogP contribution is 2.30. The van der Waals surface area contributed by atoms with E-state index < -0.39 is 0 Å². The van der Waals surface area contributed by atoms with Crippen molar-refractivity contribution in [2.24, 2.45) is 0 Å². The second kappa shape index (κ2) is 6.06. The fourth-order valence-corrected chi connectivity index (χ4v) is 2.86. The van der Waals surface area contributed by atoms with Crippen molar-refractivity contribution in [2.45, 2.75) is 26.8 Å². The van der Waals surface area contributed by atoms with Crippen LogP contribution in [0.15, 0.2) is 34.8 Å². The lowest BCUT2D eigenvalue weighted by atomic mass is 9.92. The van der Waals surface area contributed by atoms with E-state index >= 15 is 0 Å². The monoisotopic (exact) mass is 335 g/mol. The molecule has 1 N–H and O–H groups in total. The molecule has 0 heterocycles. The van der Waals surface area contributed by atoms with Crippen LogP contribution in [0.2, 0.25) is 0 Å². The molecule has 0 saturated carbocycles. The molecule has 1 nitrogen and oxygen atoms in total. The Labute approximate surface area is 128 Å². The number of nitrogens with one attached hydrogen (secondary N) is 1. The molecule has 2 aromatic rings. The molecule has 0 spiro atoms. The minimum absolute atomic E-state index is 0.137. The van der Waals surface area contributed by atoms with Gasteiger partial charge < -0.3 is 5.32 Å². The molecule has 0 aliphatic rings. The van der Waals surface area contributed by atoms with E-state index in [9.17, 15) is 4.39 Å². The number of hydrogen-bond acceptors (Lipinski definition) is 1. The van der Waals surface area contributed by atoms with Gasteiger partial charge in [0.15, 0.2) is 0 Å². The molecule has 106 valence electrons. The molecule has 0 saturated heterocycles. The summed E-state index contributed by atoms with van der Waals surface area (Å²) in [4.78, 5) is 0. The number of rotatable bonds is 3. The van der Waals surface area contributed by atoms with Crippen LogP contribution < -0.4 is 5.32 Å². The molecule has 0 aromatic heterocycles. The van der Waals surface area contributed by atoms with E-state index in [0.29, 0.717) is 0 Å². The Bertz CT molecular complexity index is 614. The van der Waals surface area contributed by atoms with Gasteiger partial charge in [0.2, 0.25) is 0 Å². The molecule has 0 bridgehead atoms. The molecule has 2 rings (SSSR count). The van der Waals surface area contributed by atoms with Crippen LogP contribution in [0.3, 0.4) is 0 Å². The largest absolute Gasteiger partial charge is 0.309 e. The molecule has 1 unspecified atom stereocenters. The first kappa shape index (κ1) is 15.2. The summed E-state index contributed by atoms with van der Waals surface area (Å²) in [6, 6.07) is 9.60. The highest BCUT2D eigenvalue weighted by atomic mass is 79.9. The van der Waals surface area contributed by atoms with Crippen LogP contribution in [0.25, 0.3) is 0 Å². The lowest BCUT2D eigenvalue weighted by Crippen LogP contribution is -2.20. The van der Waals surface area contributed by atoms with Gasteiger partial charge in [-0.25, -0.2) is 4.39 Å². The fraction of sp³-hybridized carbons (Fsp3) is 0.294. The lowest BCUT2D eigenvalue weighted by molar-refractivity contribution is 0.572. The van der Waals surface area contributed by atoms with Crippen LogP contribution in [0.5, 0.6) is 0 Å². The van der Waals surface area contributed by atoms with Crippen molar-refractivity contribution in [3.63, 3.8) is 0 Å². The predicted molar refractivity (Wildman–Crippen MR) is 85.7 cm³/mol. The third-order valence-corrected chi connectivity index (χ3v) is 4.46. The Morgan fingerprint density at radius 2 is 1.75 bits per heavy atom. The van der Waals surface area contributed by atoms with Crippen LogP contribution in [-0.2, 0) is 0 Å². The highest BCUT2D eigenvalue weighted by molar-refractivity contribution is 9.10. The van der Waals surface area contributed by atoms with Crippen molar-refractivity contribution in [3.8, 4) is 0 Å². The molecular formula is C17H19BrFN. The van der Waals surface area contributed by atoms with Crippen LogP contribution in [0.1, 0.15) is 33.9 Å². The van der Waals surface area contributed by atoms with Crippen molar-refractivity contribution in [3.05, 3.63) is 68.4 Å². The summed E-state index contributed by atoms with van der Waals surface area (Å²) in [5.41, 5.74) is 4.86. The quantitative estimate of drug-likeness (QED) is 0.847. The smallest absolute Gasteiger partial charge is 0.128 e. The van der Waals surface area contributed by atoms with Gasteiger partial charge in [0.05, 0.1) is 6.04 Å². The third-order valence-electron chi connectivity index (χ3n) is 3.57. The minimum atomic E-state index is -0.151. The average molecular weight is 336 g/mol. The Morgan fingerprint density at radius 3 is 2.30 bits per heavy atom. The molecule has 20 heavy (non-hydrogen) atoms. The Kier molecular flexibility index (Phi) is 4.61. The van der Waals surface area contributed by atoms with E-state index in [4.69, 9.17) is 0 Å². The lowest BCUT2D eigenvalue weighted by Gasteiger charge is -2.21. The van der Waals surface area contributed by atoms with Gasteiger partial charge in [-0.2, -0.15) is 0 Å². The van der Waals surface area contributed by atoms with E-state index in [-0.39, 0.29) is 11.9 Å². The third kappa shape index (κ3) is 2.94. The summed E-state index contributed by atoms with van der Waals surface area (Å²) in [6.07, 6.45) is 0. The first-order valence-electron chi connectivity index (χ1n) is 6.64. The van der Waals surface area contributed by atoms with Crippen molar-refractivity contribution in [2.75, 3.05) is 7.05 Å². The molecule has 0 aliphatic carbocycles. The first-order valence-corrected chi connectivity index (χ1v) is 7.43. The SMILES string of the molecule is CNC(c1ccc(Br)c(C)c1)c1c(C)cc(C)cc1F. The van der Waals surface area contributed by atoms with Crippen molar-refractivity contribution < 1.29 is 4.39 Å². The summed E-state index contributed by atoms with van der Waals surface area (Å²) >= 11 is 3.50. The molecule has 2 aromatic carbocycles. The predicted octanol–water partition coefficient (Wildman–Crippen LogP) is 4.82. The maximum atomic E-state index is 14.4. The standard InChI is InChI=1S/C17H19BrFN/c1-10-7-12(3)16(15(19)8-10)17(20-4)13-5-6-14(18)11(2)9-13/h5-9,17,20H,1-4H3. The maximum Gasteiger partial charge on any atom is 0.128 e. The van der Waals surface area contributed by atoms with Gasteiger partial charge in [0, 0.05) is 10.0 Å². The van der Waals surface area contributed by atoms with Gasteiger partial charge in [-0.1, -0.05) is 34.1 Å². The molecule has 0 aliphatic heterocycles. The van der Waals surface area contributed by atoms with E-state index in [2.05, 4.69) is 27.3 Å². The highest BCUT2D eigenvalue weighted by Gasteiger charge is 2.19. The van der Waals surface area contributed by atoms with Crippen LogP contribution in [0, 0.1) is 26.6 Å². The van der Waals surface area contributed by atoms with E-state index in [0.717, 1.165) is 32.3 Å². The van der Waals surface area contributed by atoms with E-state index in [1.54, 1.807) is 6.07 Å². The molecular weight excluding hydrogens is 317 g/mol. The van der Waals surface area contributed by atoms with Gasteiger partial charge in [0.1, 0.15) is 5.82 Å². The summed E-state index contributed by atoms with van der Waals surface area (Å²) in [6.45, 7) is 5.91. The number of aryl methyl sites for hydroxylation is 3. The van der Waals surface area contributed by atoms with Gasteiger partial charge in [-0.3, -0.25) is 0 Å². The second-order valence-corrected chi connectivity index (χ2v) is 6.06. The maximum absolute atomic E-state index is 14.4. The van der Waals surface area contributed by atoms with Gasteiger partial charge in [0.25, 0.3) is 0 Å². The van der Waals surface area contributed by atoms with Gasteiger partial charge in [-0.15, -0.1) is 0 Å². The molecule has 0 fully saturated rings. The Hall–Kier alpha value is -1.19. The van der Waals surface area contributed by atoms with Crippen LogP contribution in [0.4, 0.5) is 4.39 Å². The zero-order chi connectivity index (χ0) is 14.9. The number of hydrogen-bond donors (Lipinski definition) is 1. The number of benzene rings is 2. The van der Waals surface area contributed by atoms with Crippen LogP contribution >= 0.6 is 15.9 Å². The molecule has 0 radical (unpaired) electrons. The van der Waals surface area contributed by atoms with Gasteiger partial charge >= 0.3 is 0 Å². The Balaban J connectivity index is 2.55. The molecule has 3 heteroatoms. The van der Waals surface area contributed by atoms with E-state index in [1.165, 1.54) is 0 Å².